The summed E-state index contributed by atoms with van der Waals surface area (Å²) in [6.45, 7) is 7.90. The van der Waals surface area contributed by atoms with Crippen LogP contribution < -0.4 is 0 Å². The molecule has 42 heavy (non-hydrogen) atoms. The van der Waals surface area contributed by atoms with E-state index in [2.05, 4.69) is 0 Å². The van der Waals surface area contributed by atoms with Gasteiger partial charge in [0.2, 0.25) is 5.54 Å². The van der Waals surface area contributed by atoms with Crippen molar-refractivity contribution in [2.75, 3.05) is 13.7 Å². The van der Waals surface area contributed by atoms with Gasteiger partial charge in [-0.2, -0.15) is 0 Å². The van der Waals surface area contributed by atoms with Crippen molar-refractivity contribution in [3.63, 3.8) is 0 Å². The highest BCUT2D eigenvalue weighted by molar-refractivity contribution is 5.70. The zero-order valence-electron chi connectivity index (χ0n) is 25.1. The number of allylic oxidation sites excluding steroid dienone is 1. The second-order valence-corrected chi connectivity index (χ2v) is 10.2. The zero-order valence-corrected chi connectivity index (χ0v) is 25.1. The van der Waals surface area contributed by atoms with Gasteiger partial charge in [-0.15, -0.1) is 0 Å². The summed E-state index contributed by atoms with van der Waals surface area (Å²) in [6, 6.07) is 0. The molecule has 0 spiro atoms. The lowest BCUT2D eigenvalue weighted by Crippen LogP contribution is -2.61. The fraction of sp³-hybridized carbons (Fsp3) is 0.704. The molecule has 0 aromatic rings. The van der Waals surface area contributed by atoms with Crippen LogP contribution in [0.2, 0.25) is 0 Å². The van der Waals surface area contributed by atoms with Gasteiger partial charge in [-0.1, -0.05) is 11.1 Å². The first-order chi connectivity index (χ1) is 19.4. The van der Waals surface area contributed by atoms with Gasteiger partial charge in [-0.3, -0.25) is 38.9 Å². The average molecular weight is 602 g/mol. The van der Waals surface area contributed by atoms with E-state index in [0.717, 1.165) is 47.3 Å². The van der Waals surface area contributed by atoms with Crippen molar-refractivity contribution in [2.45, 2.75) is 104 Å². The summed E-state index contributed by atoms with van der Waals surface area (Å²) < 4.78 is 31.5. The third-order valence-corrected chi connectivity index (χ3v) is 6.95. The maximum absolute atomic E-state index is 12.8. The van der Waals surface area contributed by atoms with Crippen molar-refractivity contribution in [2.24, 2.45) is 5.92 Å². The van der Waals surface area contributed by atoms with E-state index in [9.17, 15) is 38.9 Å². The summed E-state index contributed by atoms with van der Waals surface area (Å²) >= 11 is 0. The molecule has 0 heterocycles. The zero-order chi connectivity index (χ0) is 32.4. The van der Waals surface area contributed by atoms with Crippen molar-refractivity contribution in [3.05, 3.63) is 21.3 Å². The van der Waals surface area contributed by atoms with Gasteiger partial charge in [0.25, 0.3) is 0 Å². The van der Waals surface area contributed by atoms with E-state index >= 15 is 0 Å². The predicted octanol–water partition coefficient (Wildman–Crippen LogP) is 1.99. The van der Waals surface area contributed by atoms with Crippen LogP contribution in [-0.2, 0) is 57.2 Å². The van der Waals surface area contributed by atoms with Gasteiger partial charge in [0.05, 0.1) is 19.4 Å². The molecule has 0 aliphatic heterocycles. The Morgan fingerprint density at radius 1 is 0.833 bits per heavy atom. The van der Waals surface area contributed by atoms with Gasteiger partial charge >= 0.3 is 35.8 Å². The summed E-state index contributed by atoms with van der Waals surface area (Å²) in [5, 5.41) is 12.8. The third-order valence-electron chi connectivity index (χ3n) is 6.95. The van der Waals surface area contributed by atoms with Crippen LogP contribution in [0.1, 0.15) is 74.1 Å². The van der Waals surface area contributed by atoms with E-state index in [4.69, 9.17) is 28.4 Å². The van der Waals surface area contributed by atoms with Gasteiger partial charge in [0, 0.05) is 52.4 Å². The number of carbonyl (C=O) groups is 6. The van der Waals surface area contributed by atoms with E-state index in [1.165, 1.54) is 0 Å². The molecule has 236 valence electrons. The Morgan fingerprint density at radius 3 is 1.81 bits per heavy atom. The molecule has 0 bridgehead atoms. The quantitative estimate of drug-likeness (QED) is 0.0919. The minimum Gasteiger partial charge on any atom is -0.469 e. The Balaban J connectivity index is 3.99. The number of hydrogen-bond donors (Lipinski definition) is 0. The van der Waals surface area contributed by atoms with Gasteiger partial charge in [0.15, 0.2) is 24.4 Å². The molecule has 0 saturated carbocycles. The number of rotatable bonds is 14. The number of hydrogen-bond acceptors (Lipinski definition) is 14. The highest BCUT2D eigenvalue weighted by atomic mass is 16.6. The average Bonchev–Trinajstić information content (AvgIpc) is 2.86. The predicted molar refractivity (Wildman–Crippen MR) is 141 cm³/mol. The number of carbonyl (C=O) groups excluding carboxylic acids is 6. The van der Waals surface area contributed by atoms with Crippen molar-refractivity contribution >= 4 is 35.8 Å². The van der Waals surface area contributed by atoms with Crippen LogP contribution in [0.15, 0.2) is 11.1 Å². The van der Waals surface area contributed by atoms with Gasteiger partial charge in [-0.05, 0) is 20.3 Å². The SMILES string of the molecule is COC(=O)CC[C@]1([N+](=O)[O-])CC(C)=C(C)C[C@H]1[C@@H](OC(C)=O)[C@@H](OC(C)=O)[C@H](OC(C)=O)[C@@H](COC(C)=O)OC(C)=O. The fourth-order valence-corrected chi connectivity index (χ4v) is 5.08. The summed E-state index contributed by atoms with van der Waals surface area (Å²) in [5.74, 6) is -6.46. The van der Waals surface area contributed by atoms with Crippen molar-refractivity contribution in [3.8, 4) is 0 Å². The summed E-state index contributed by atoms with van der Waals surface area (Å²) in [4.78, 5) is 85.1. The summed E-state index contributed by atoms with van der Waals surface area (Å²) in [7, 11) is 1.13. The van der Waals surface area contributed by atoms with Crippen molar-refractivity contribution in [1.29, 1.82) is 0 Å². The molecule has 1 aliphatic rings. The lowest BCUT2D eigenvalue weighted by Gasteiger charge is -2.44. The Morgan fingerprint density at radius 2 is 1.36 bits per heavy atom. The lowest BCUT2D eigenvalue weighted by molar-refractivity contribution is -0.586. The molecular weight excluding hydrogens is 562 g/mol. The Bertz CT molecular complexity index is 1100. The highest BCUT2D eigenvalue weighted by Crippen LogP contribution is 2.46. The smallest absolute Gasteiger partial charge is 0.305 e. The van der Waals surface area contributed by atoms with Crippen LogP contribution >= 0.6 is 0 Å². The van der Waals surface area contributed by atoms with E-state index < -0.39 is 83.2 Å². The number of ether oxygens (including phenoxy) is 6. The van der Waals surface area contributed by atoms with Crippen LogP contribution in [0.25, 0.3) is 0 Å². The molecule has 0 N–H and O–H groups in total. The van der Waals surface area contributed by atoms with E-state index in [0.29, 0.717) is 5.57 Å². The van der Waals surface area contributed by atoms with E-state index in [-0.39, 0.29) is 25.7 Å². The van der Waals surface area contributed by atoms with Crippen LogP contribution in [0.3, 0.4) is 0 Å². The first kappa shape index (κ1) is 36.0. The van der Waals surface area contributed by atoms with Crippen molar-refractivity contribution in [1.82, 2.24) is 0 Å². The molecule has 6 atom stereocenters. The fourth-order valence-electron chi connectivity index (χ4n) is 5.08. The maximum atomic E-state index is 12.8. The van der Waals surface area contributed by atoms with Crippen LogP contribution in [0.4, 0.5) is 0 Å². The van der Waals surface area contributed by atoms with E-state index in [1.807, 2.05) is 0 Å². The first-order valence-electron chi connectivity index (χ1n) is 13.1. The molecule has 0 amide bonds. The molecule has 0 saturated heterocycles. The Hall–Kier alpha value is -4.04. The number of methoxy groups -OCH3 is 1. The van der Waals surface area contributed by atoms with Crippen LogP contribution in [0.5, 0.6) is 0 Å². The van der Waals surface area contributed by atoms with E-state index in [1.54, 1.807) is 13.8 Å². The molecule has 15 nitrogen and oxygen atoms in total. The Labute approximate surface area is 243 Å². The summed E-state index contributed by atoms with van der Waals surface area (Å²) in [5.41, 5.74) is -0.554. The minimum absolute atomic E-state index is 0.0430. The van der Waals surface area contributed by atoms with Gasteiger partial charge in [-0.25, -0.2) is 0 Å². The summed E-state index contributed by atoms with van der Waals surface area (Å²) in [6.07, 6.45) is -7.69. The van der Waals surface area contributed by atoms with Crippen LogP contribution in [-0.4, -0.2) is 84.4 Å². The molecule has 1 aliphatic carbocycles. The second-order valence-electron chi connectivity index (χ2n) is 10.2. The van der Waals surface area contributed by atoms with Crippen molar-refractivity contribution < 1.29 is 62.1 Å². The third kappa shape index (κ3) is 10.1. The molecule has 1 rings (SSSR count). The minimum atomic E-state index is -1.94. The van der Waals surface area contributed by atoms with Crippen LogP contribution in [0, 0.1) is 16.0 Å². The molecule has 0 aromatic carbocycles. The topological polar surface area (TPSA) is 201 Å². The van der Waals surface area contributed by atoms with Gasteiger partial charge < -0.3 is 28.4 Å². The Kier molecular flexibility index (Phi) is 13.6. The molecule has 0 unspecified atom stereocenters. The second kappa shape index (κ2) is 15.8. The highest BCUT2D eigenvalue weighted by Gasteiger charge is 2.60. The number of nitro groups is 1. The number of nitrogens with zero attached hydrogens (tertiary/aromatic N) is 1. The monoisotopic (exact) mass is 601 g/mol. The molecule has 0 aromatic heterocycles. The number of esters is 6. The first-order valence-corrected chi connectivity index (χ1v) is 13.1. The van der Waals surface area contributed by atoms with Gasteiger partial charge in [0.1, 0.15) is 6.61 Å². The lowest BCUT2D eigenvalue weighted by atomic mass is 9.65. The molecule has 15 heteroatoms. The largest absolute Gasteiger partial charge is 0.469 e. The molecule has 0 fully saturated rings. The standard InChI is InChI=1S/C27H39NO14/c1-14-11-21(27(28(35)36,12-15(14)2)10-9-23(34)37-8)24(40-18(5)31)26(42-20(7)33)25(41-19(6)32)22(39-17(4)30)13-38-16(3)29/h21-22,24-26H,9-13H2,1-8H3/t21-,22+,24+,25+,26+,27-/m0/s1. The normalized spacial score (nSPS) is 21.1. The maximum Gasteiger partial charge on any atom is 0.305 e. The molecule has 0 radical (unpaired) electrons. The molecular formula is C27H39NO14.